The minimum Gasteiger partial charge on any atom is -0.465 e. The lowest BCUT2D eigenvalue weighted by Gasteiger charge is -2.54. The Hall–Kier alpha value is -4.72. The van der Waals surface area contributed by atoms with Gasteiger partial charge in [0, 0.05) is 35.6 Å². The van der Waals surface area contributed by atoms with Crippen molar-refractivity contribution in [2.75, 3.05) is 0 Å². The summed E-state index contributed by atoms with van der Waals surface area (Å²) < 4.78 is 8.39. The molecule has 0 atom stereocenters. The van der Waals surface area contributed by atoms with Crippen LogP contribution in [0, 0.1) is 6.92 Å². The van der Waals surface area contributed by atoms with Gasteiger partial charge in [0.1, 0.15) is 11.5 Å². The van der Waals surface area contributed by atoms with Gasteiger partial charge in [-0.2, -0.15) is 5.10 Å². The fourth-order valence-electron chi connectivity index (χ4n) is 6.31. The number of nitrogens with zero attached hydrogens (tertiary/aromatic N) is 4. The van der Waals surface area contributed by atoms with E-state index in [9.17, 15) is 14.7 Å². The van der Waals surface area contributed by atoms with Gasteiger partial charge < -0.3 is 9.52 Å². The summed E-state index contributed by atoms with van der Waals surface area (Å²) in [6, 6.07) is 19.0. The normalized spacial score (nSPS) is 14.5. The number of aryl methyl sites for hydroxylation is 1. The third-order valence-electron chi connectivity index (χ3n) is 8.52. The highest BCUT2D eigenvalue weighted by molar-refractivity contribution is 5.95. The zero-order valence-electron chi connectivity index (χ0n) is 24.5. The van der Waals surface area contributed by atoms with Crippen LogP contribution < -0.4 is 5.43 Å². The van der Waals surface area contributed by atoms with Crippen molar-refractivity contribution in [3.05, 3.63) is 94.5 Å². The Morgan fingerprint density at radius 3 is 2.26 bits per heavy atom. The van der Waals surface area contributed by atoms with E-state index in [4.69, 9.17) is 4.42 Å². The number of fused-ring (bicyclic) bond motifs is 1. The van der Waals surface area contributed by atoms with Gasteiger partial charge in [-0.3, -0.25) is 19.4 Å². The zero-order valence-corrected chi connectivity index (χ0v) is 24.5. The Morgan fingerprint density at radius 2 is 1.71 bits per heavy atom. The van der Waals surface area contributed by atoms with Gasteiger partial charge in [0.25, 0.3) is 0 Å². The smallest absolute Gasteiger partial charge is 0.408 e. The molecule has 6 rings (SSSR count). The second-order valence-electron chi connectivity index (χ2n) is 12.1. The third-order valence-corrected chi connectivity index (χ3v) is 8.52. The Balaban J connectivity index is 1.55. The van der Waals surface area contributed by atoms with E-state index in [1.165, 1.54) is 0 Å². The summed E-state index contributed by atoms with van der Waals surface area (Å²) in [5.41, 5.74) is 4.23. The van der Waals surface area contributed by atoms with Gasteiger partial charge in [-0.1, -0.05) is 54.6 Å². The summed E-state index contributed by atoms with van der Waals surface area (Å²) in [6.45, 7) is 7.74. The van der Waals surface area contributed by atoms with Gasteiger partial charge in [0.05, 0.1) is 22.7 Å². The van der Waals surface area contributed by atoms with E-state index < -0.39 is 17.2 Å². The molecule has 214 valence electrons. The Morgan fingerprint density at radius 1 is 1.02 bits per heavy atom. The Kier molecular flexibility index (Phi) is 6.52. The zero-order chi connectivity index (χ0) is 29.8. The molecule has 1 aliphatic carbocycles. The molecule has 8 heteroatoms. The maximum absolute atomic E-state index is 14.3. The lowest BCUT2D eigenvalue weighted by molar-refractivity contribution is -0.0328. The number of carbonyl (C=O) groups is 1. The lowest BCUT2D eigenvalue weighted by Crippen LogP contribution is -2.60. The average molecular weight is 563 g/mol. The van der Waals surface area contributed by atoms with Crippen LogP contribution >= 0.6 is 0 Å². The first-order valence-corrected chi connectivity index (χ1v) is 14.2. The molecule has 2 aromatic carbocycles. The first-order valence-electron chi connectivity index (χ1n) is 14.2. The third kappa shape index (κ3) is 4.29. The van der Waals surface area contributed by atoms with Crippen molar-refractivity contribution in [2.24, 2.45) is 7.05 Å². The average Bonchev–Trinajstić information content (AvgIpc) is 3.27. The largest absolute Gasteiger partial charge is 0.465 e. The summed E-state index contributed by atoms with van der Waals surface area (Å²) in [4.78, 5) is 32.9. The second-order valence-corrected chi connectivity index (χ2v) is 12.1. The maximum atomic E-state index is 14.3. The number of amides is 1. The number of aromatic nitrogens is 3. The van der Waals surface area contributed by atoms with E-state index >= 15 is 0 Å². The van der Waals surface area contributed by atoms with Gasteiger partial charge in [0.15, 0.2) is 5.58 Å². The fraction of sp³-hybridized carbons (Fsp3) is 0.294. The molecule has 0 unspecified atom stereocenters. The molecule has 5 aromatic rings. The second kappa shape index (κ2) is 9.98. The van der Waals surface area contributed by atoms with Gasteiger partial charge in [-0.25, -0.2) is 4.79 Å². The molecule has 0 radical (unpaired) electrons. The number of hydrogen-bond acceptors (Lipinski definition) is 5. The van der Waals surface area contributed by atoms with E-state index in [0.717, 1.165) is 41.6 Å². The number of hydrogen-bond donors (Lipinski definition) is 1. The van der Waals surface area contributed by atoms with Crippen molar-refractivity contribution in [1.82, 2.24) is 19.7 Å². The molecule has 3 aromatic heterocycles. The van der Waals surface area contributed by atoms with Crippen molar-refractivity contribution in [2.45, 2.75) is 58.0 Å². The molecule has 0 bridgehead atoms. The molecule has 1 amide bonds. The molecule has 0 saturated heterocycles. The first-order chi connectivity index (χ1) is 20.0. The van der Waals surface area contributed by atoms with E-state index in [-0.39, 0.29) is 5.43 Å². The van der Waals surface area contributed by atoms with Crippen LogP contribution in [0.5, 0.6) is 0 Å². The van der Waals surface area contributed by atoms with E-state index in [1.54, 1.807) is 28.0 Å². The maximum Gasteiger partial charge on any atom is 0.408 e. The highest BCUT2D eigenvalue weighted by Gasteiger charge is 2.50. The van der Waals surface area contributed by atoms with Gasteiger partial charge >= 0.3 is 6.09 Å². The quantitative estimate of drug-likeness (QED) is 0.240. The van der Waals surface area contributed by atoms with Gasteiger partial charge in [-0.05, 0) is 64.2 Å². The highest BCUT2D eigenvalue weighted by atomic mass is 16.4. The monoisotopic (exact) mass is 562 g/mol. The Labute approximate surface area is 244 Å². The van der Waals surface area contributed by atoms with Gasteiger partial charge in [-0.15, -0.1) is 0 Å². The Bertz CT molecular complexity index is 1860. The molecular formula is C34H34N4O4. The van der Waals surface area contributed by atoms with Crippen molar-refractivity contribution in [1.29, 1.82) is 0 Å². The predicted molar refractivity (Wildman–Crippen MR) is 163 cm³/mol. The summed E-state index contributed by atoms with van der Waals surface area (Å²) in [5.74, 6) is 0.455. The van der Waals surface area contributed by atoms with Crippen LogP contribution in [0.3, 0.4) is 0 Å². The van der Waals surface area contributed by atoms with Crippen molar-refractivity contribution in [3.63, 3.8) is 0 Å². The number of benzene rings is 2. The number of pyridine rings is 1. The van der Waals surface area contributed by atoms with E-state index in [1.807, 2.05) is 89.3 Å². The fourth-order valence-corrected chi connectivity index (χ4v) is 6.31. The predicted octanol–water partition coefficient (Wildman–Crippen LogP) is 7.39. The highest BCUT2D eigenvalue weighted by Crippen LogP contribution is 2.50. The van der Waals surface area contributed by atoms with E-state index in [0.29, 0.717) is 33.6 Å². The summed E-state index contributed by atoms with van der Waals surface area (Å²) in [6.07, 6.45) is 4.91. The standard InChI is InChI=1S/C34H34N4O4/c1-21-26(20-36-37(21)5)28-31-25(16-19-35-28)29(39)27(30(42-31)23-10-7-6-8-11-23)22-12-14-24(15-13-22)34(17-9-18-34)38(32(40)41)33(2,3)4/h6-8,10-16,19-20H,9,17-18H2,1-5H3,(H,40,41). The molecule has 1 saturated carbocycles. The summed E-state index contributed by atoms with van der Waals surface area (Å²) in [7, 11) is 1.86. The molecule has 1 aliphatic rings. The molecule has 0 spiro atoms. The van der Waals surface area contributed by atoms with Crippen molar-refractivity contribution < 1.29 is 14.3 Å². The molecule has 0 aliphatic heterocycles. The van der Waals surface area contributed by atoms with Crippen LogP contribution in [0.4, 0.5) is 4.79 Å². The molecule has 3 heterocycles. The number of rotatable bonds is 5. The van der Waals surface area contributed by atoms with Crippen LogP contribution in [0.15, 0.2) is 82.3 Å². The van der Waals surface area contributed by atoms with Crippen LogP contribution in [0.25, 0.3) is 44.7 Å². The van der Waals surface area contributed by atoms with Crippen LogP contribution in [-0.2, 0) is 12.6 Å². The van der Waals surface area contributed by atoms with Gasteiger partial charge in [0.2, 0.25) is 5.43 Å². The summed E-state index contributed by atoms with van der Waals surface area (Å²) in [5, 5.41) is 15.0. The van der Waals surface area contributed by atoms with Crippen molar-refractivity contribution >= 4 is 17.1 Å². The molecular weight excluding hydrogens is 528 g/mol. The minimum absolute atomic E-state index is 0.159. The van der Waals surface area contributed by atoms with Crippen LogP contribution in [-0.4, -0.2) is 36.4 Å². The molecule has 1 N–H and O–H groups in total. The molecule has 42 heavy (non-hydrogen) atoms. The molecule has 8 nitrogen and oxygen atoms in total. The minimum atomic E-state index is -0.930. The van der Waals surface area contributed by atoms with Crippen LogP contribution in [0.2, 0.25) is 0 Å². The first kappa shape index (κ1) is 27.4. The summed E-state index contributed by atoms with van der Waals surface area (Å²) >= 11 is 0. The molecule has 1 fully saturated rings. The lowest BCUT2D eigenvalue weighted by atomic mass is 9.69. The van der Waals surface area contributed by atoms with E-state index in [2.05, 4.69) is 10.1 Å². The topological polar surface area (TPSA) is 101 Å². The van der Waals surface area contributed by atoms with Crippen molar-refractivity contribution in [3.8, 4) is 33.7 Å². The van der Waals surface area contributed by atoms with Crippen LogP contribution in [0.1, 0.15) is 51.3 Å². The SMILES string of the molecule is Cc1c(-c2nccc3c(=O)c(-c4ccc(C5(N(C(=O)O)C(C)(C)C)CCC5)cc4)c(-c4ccccc4)oc23)cnn1C. The number of carboxylic acid groups (broad SMARTS) is 1.